The van der Waals surface area contributed by atoms with E-state index in [9.17, 15) is 4.79 Å². The molecule has 0 heterocycles. The number of benzene rings is 3. The van der Waals surface area contributed by atoms with Crippen LogP contribution in [0.4, 0.5) is 4.79 Å². The summed E-state index contributed by atoms with van der Waals surface area (Å²) in [6.45, 7) is 0. The molecule has 3 N–H and O–H groups in total. The molecule has 5 nitrogen and oxygen atoms in total. The molecular formula is C24H27O5P. The van der Waals surface area contributed by atoms with Crippen LogP contribution >= 0.6 is 7.26 Å². The number of unbranched alkanes of at least 4 members (excludes halogenated alkanes) is 1. The van der Waals surface area contributed by atoms with Crippen molar-refractivity contribution in [3.05, 3.63) is 91.0 Å². The first-order valence-electron chi connectivity index (χ1n) is 9.77. The Labute approximate surface area is 177 Å². The zero-order valence-electron chi connectivity index (χ0n) is 16.6. The Morgan fingerprint density at radius 1 is 0.600 bits per heavy atom. The SMILES string of the molecule is O=C(O)CCCC[PH](c1ccccc1)(c1ccccc1)c1ccccc1.O=C(O)O. The van der Waals surface area contributed by atoms with Crippen LogP contribution in [-0.4, -0.2) is 33.6 Å². The van der Waals surface area contributed by atoms with Gasteiger partial charge in [0.1, 0.15) is 0 Å². The second kappa shape index (κ2) is 11.7. The predicted octanol–water partition coefficient (Wildman–Crippen LogP) is 4.19. The first-order chi connectivity index (χ1) is 14.5. The average Bonchev–Trinajstić information content (AvgIpc) is 2.75. The van der Waals surface area contributed by atoms with Crippen molar-refractivity contribution in [3.8, 4) is 0 Å². The van der Waals surface area contributed by atoms with Gasteiger partial charge in [-0.25, -0.2) is 4.79 Å². The number of hydrogen-bond acceptors (Lipinski definition) is 2. The van der Waals surface area contributed by atoms with Crippen molar-refractivity contribution in [2.75, 3.05) is 6.16 Å². The summed E-state index contributed by atoms with van der Waals surface area (Å²) in [6.07, 6.45) is 1.05. The molecule has 0 aromatic heterocycles. The second-order valence-electron chi connectivity index (χ2n) is 6.89. The first kappa shape index (κ1) is 23.1. The standard InChI is InChI=1S/C23H25O2P.CH2O3/c24-23(25)18-10-11-19-26(20-12-4-1-5-13-20,21-14-6-2-7-15-21)22-16-8-3-9-17-22;2-1(3)4/h1-9,12-17,26H,10-11,18-19H2,(H,24,25);(H2,2,3,4). The molecule has 0 saturated heterocycles. The molecule has 0 spiro atoms. The van der Waals surface area contributed by atoms with E-state index < -0.39 is 19.4 Å². The van der Waals surface area contributed by atoms with E-state index in [1.165, 1.54) is 15.9 Å². The van der Waals surface area contributed by atoms with E-state index in [4.69, 9.17) is 20.1 Å². The third-order valence-electron chi connectivity index (χ3n) is 4.99. The molecule has 0 aliphatic rings. The van der Waals surface area contributed by atoms with Crippen molar-refractivity contribution in [1.82, 2.24) is 0 Å². The zero-order chi connectivity index (χ0) is 21.8. The molecule has 6 heteroatoms. The Bertz CT molecular complexity index is 813. The van der Waals surface area contributed by atoms with E-state index in [2.05, 4.69) is 91.0 Å². The molecule has 0 saturated carbocycles. The average molecular weight is 426 g/mol. The third-order valence-corrected chi connectivity index (χ3v) is 10.1. The zero-order valence-corrected chi connectivity index (χ0v) is 17.6. The molecule has 0 bridgehead atoms. The minimum atomic E-state index is -2.19. The fraction of sp³-hybridized carbons (Fsp3) is 0.167. The van der Waals surface area contributed by atoms with Gasteiger partial charge in [0.15, 0.2) is 0 Å². The molecule has 0 amide bonds. The van der Waals surface area contributed by atoms with Crippen LogP contribution in [0.25, 0.3) is 0 Å². The number of aliphatic carboxylic acids is 1. The first-order valence-corrected chi connectivity index (χ1v) is 12.0. The minimum Gasteiger partial charge on any atom is -0.450 e. The number of rotatable bonds is 8. The molecule has 0 radical (unpaired) electrons. The van der Waals surface area contributed by atoms with Crippen LogP contribution in [0.2, 0.25) is 0 Å². The van der Waals surface area contributed by atoms with Gasteiger partial charge in [0.2, 0.25) is 0 Å². The van der Waals surface area contributed by atoms with Gasteiger partial charge in [0, 0.05) is 0 Å². The van der Waals surface area contributed by atoms with Crippen molar-refractivity contribution in [2.24, 2.45) is 0 Å². The second-order valence-corrected chi connectivity index (χ2v) is 10.9. The van der Waals surface area contributed by atoms with Crippen LogP contribution in [0.1, 0.15) is 19.3 Å². The van der Waals surface area contributed by atoms with Crippen molar-refractivity contribution in [2.45, 2.75) is 19.3 Å². The van der Waals surface area contributed by atoms with Gasteiger partial charge in [-0.2, -0.15) is 0 Å². The Kier molecular flexibility index (Phi) is 9.04. The van der Waals surface area contributed by atoms with Gasteiger partial charge in [0.05, 0.1) is 0 Å². The summed E-state index contributed by atoms with van der Waals surface area (Å²) in [5, 5.41) is 27.1. The van der Waals surface area contributed by atoms with Crippen LogP contribution in [0.15, 0.2) is 91.0 Å². The normalized spacial score (nSPS) is 11.1. The van der Waals surface area contributed by atoms with E-state index in [0.29, 0.717) is 0 Å². The van der Waals surface area contributed by atoms with Crippen LogP contribution in [0.3, 0.4) is 0 Å². The number of hydrogen-bond donors (Lipinski definition) is 3. The number of carbonyl (C=O) groups is 2. The molecule has 0 fully saturated rings. The van der Waals surface area contributed by atoms with Gasteiger partial charge in [-0.15, -0.1) is 0 Å². The largest absolute Gasteiger partial charge is 0.503 e. The molecule has 158 valence electrons. The molecule has 3 aromatic carbocycles. The topological polar surface area (TPSA) is 94.8 Å². The monoisotopic (exact) mass is 426 g/mol. The molecule has 3 aromatic rings. The summed E-state index contributed by atoms with van der Waals surface area (Å²) in [6, 6.07) is 32.3. The van der Waals surface area contributed by atoms with E-state index in [0.717, 1.165) is 19.0 Å². The van der Waals surface area contributed by atoms with E-state index in [1.807, 2.05) is 0 Å². The quantitative estimate of drug-likeness (QED) is 0.371. The fourth-order valence-electron chi connectivity index (χ4n) is 3.77. The molecule has 30 heavy (non-hydrogen) atoms. The maximum absolute atomic E-state index is 10.9. The van der Waals surface area contributed by atoms with Crippen LogP contribution in [0, 0.1) is 0 Å². The molecular weight excluding hydrogens is 399 g/mol. The van der Waals surface area contributed by atoms with Gasteiger partial charge < -0.3 is 10.2 Å². The van der Waals surface area contributed by atoms with Crippen LogP contribution in [0.5, 0.6) is 0 Å². The van der Waals surface area contributed by atoms with Crippen molar-refractivity contribution in [1.29, 1.82) is 0 Å². The van der Waals surface area contributed by atoms with Crippen molar-refractivity contribution in [3.63, 3.8) is 0 Å². The summed E-state index contributed by atoms with van der Waals surface area (Å²) in [4.78, 5) is 19.5. The molecule has 0 aliphatic heterocycles. The number of carboxylic acid groups (broad SMARTS) is 3. The summed E-state index contributed by atoms with van der Waals surface area (Å²) in [5.41, 5.74) is 0. The Morgan fingerprint density at radius 3 is 1.23 bits per heavy atom. The van der Waals surface area contributed by atoms with Gasteiger partial charge in [-0.05, 0) is 0 Å². The molecule has 0 aliphatic carbocycles. The van der Waals surface area contributed by atoms with Crippen LogP contribution in [-0.2, 0) is 4.79 Å². The van der Waals surface area contributed by atoms with E-state index >= 15 is 0 Å². The summed E-state index contributed by atoms with van der Waals surface area (Å²) >= 11 is 0. The van der Waals surface area contributed by atoms with E-state index in [-0.39, 0.29) is 6.42 Å². The van der Waals surface area contributed by atoms with Crippen molar-refractivity contribution < 1.29 is 24.9 Å². The Balaban J connectivity index is 0.000000735. The third kappa shape index (κ3) is 6.43. The predicted molar refractivity (Wildman–Crippen MR) is 124 cm³/mol. The summed E-state index contributed by atoms with van der Waals surface area (Å²) < 4.78 is 0. The van der Waals surface area contributed by atoms with Crippen molar-refractivity contribution >= 4 is 35.3 Å². The Morgan fingerprint density at radius 2 is 0.933 bits per heavy atom. The summed E-state index contributed by atoms with van der Waals surface area (Å²) in [5.74, 6) is -0.712. The van der Waals surface area contributed by atoms with Gasteiger partial charge >= 0.3 is 162 Å². The van der Waals surface area contributed by atoms with Gasteiger partial charge in [-0.3, -0.25) is 0 Å². The molecule has 0 unspecified atom stereocenters. The van der Waals surface area contributed by atoms with E-state index in [1.54, 1.807) is 0 Å². The van der Waals surface area contributed by atoms with Gasteiger partial charge in [0.25, 0.3) is 0 Å². The molecule has 0 atom stereocenters. The maximum atomic E-state index is 10.9. The van der Waals surface area contributed by atoms with Gasteiger partial charge in [-0.1, -0.05) is 0 Å². The Hall–Kier alpha value is -3.17. The fourth-order valence-corrected chi connectivity index (χ4v) is 8.70. The molecule has 3 rings (SSSR count). The smallest absolute Gasteiger partial charge is 0.450 e. The summed E-state index contributed by atoms with van der Waals surface area (Å²) in [7, 11) is -2.19. The van der Waals surface area contributed by atoms with Crippen LogP contribution < -0.4 is 15.9 Å². The number of carboxylic acids is 1. The maximum Gasteiger partial charge on any atom is 0.503 e. The minimum absolute atomic E-state index is 0.239.